The minimum Gasteiger partial charge on any atom is -0.0707 e. The van der Waals surface area contributed by atoms with Gasteiger partial charge in [0.15, 0.2) is 5.30 Å². The van der Waals surface area contributed by atoms with E-state index in [0.29, 0.717) is 0 Å². The van der Waals surface area contributed by atoms with E-state index in [2.05, 4.69) is 84.0 Å². The molecule has 0 aliphatic heterocycles. The minimum atomic E-state index is -0.480. The van der Waals surface area contributed by atoms with Crippen molar-refractivity contribution in [1.29, 1.82) is 0 Å². The van der Waals surface area contributed by atoms with E-state index >= 15 is 0 Å². The van der Waals surface area contributed by atoms with E-state index in [1.807, 2.05) is 12.1 Å². The van der Waals surface area contributed by atoms with Crippen LogP contribution in [-0.4, -0.2) is 0 Å². The van der Waals surface area contributed by atoms with Gasteiger partial charge in [-0.05, 0) is 98.4 Å². The Hall–Kier alpha value is -2.50. The third-order valence-corrected chi connectivity index (χ3v) is 5.97. The molecule has 0 aliphatic carbocycles. The zero-order chi connectivity index (χ0) is 20.4. The maximum atomic E-state index is 11.9. The highest BCUT2D eigenvalue weighted by molar-refractivity contribution is 7.34. The molecule has 0 radical (unpaired) electrons. The molecular weight excluding hydrogens is 359 g/mol. The normalized spacial score (nSPS) is 12.8. The molecule has 0 aliphatic rings. The highest BCUT2D eigenvalue weighted by Crippen LogP contribution is 2.18. The van der Waals surface area contributed by atoms with Gasteiger partial charge in [-0.25, -0.2) is 0 Å². The van der Waals surface area contributed by atoms with Gasteiger partial charge in [-0.2, -0.15) is 0 Å². The van der Waals surface area contributed by atoms with Gasteiger partial charge >= 0.3 is 8.46 Å². The van der Waals surface area contributed by atoms with Crippen molar-refractivity contribution in [2.45, 2.75) is 41.5 Å². The standard InChI is InChI=1S/C26H27OP/c1-16-10-18(3)23(19(4)11-16)14-22-8-7-9-26(28-27)25(22)15-24-20(5)12-17(2)13-21(24)6/h7-15H,1-6H3/p+1. The molecule has 1 nitrogen and oxygen atoms in total. The molecule has 2 heteroatoms. The van der Waals surface area contributed by atoms with Gasteiger partial charge in [0.2, 0.25) is 0 Å². The molecule has 3 rings (SSSR count). The van der Waals surface area contributed by atoms with Crippen LogP contribution >= 0.6 is 8.46 Å². The summed E-state index contributed by atoms with van der Waals surface area (Å²) in [5.74, 6) is 0. The Labute approximate surface area is 169 Å². The first kappa shape index (κ1) is 20.2. The Bertz CT molecular complexity index is 1140. The molecule has 0 amide bonds. The summed E-state index contributed by atoms with van der Waals surface area (Å²) in [7, 11) is -0.480. The molecule has 142 valence electrons. The summed E-state index contributed by atoms with van der Waals surface area (Å²) in [6.07, 6.45) is 4.44. The van der Waals surface area contributed by atoms with E-state index < -0.39 is 8.46 Å². The van der Waals surface area contributed by atoms with E-state index in [1.54, 1.807) is 0 Å². The van der Waals surface area contributed by atoms with Crippen LogP contribution in [-0.2, 0) is 4.57 Å². The predicted octanol–water partition coefficient (Wildman–Crippen LogP) is 4.84. The predicted molar refractivity (Wildman–Crippen MR) is 123 cm³/mol. The summed E-state index contributed by atoms with van der Waals surface area (Å²) < 4.78 is 11.9. The first-order valence-corrected chi connectivity index (χ1v) is 10.6. The Balaban J connectivity index is 2.38. The maximum Gasteiger partial charge on any atom is 0.363 e. The van der Waals surface area contributed by atoms with Crippen molar-refractivity contribution < 1.29 is 4.57 Å². The summed E-state index contributed by atoms with van der Waals surface area (Å²) in [5.41, 5.74) is 10.0. The molecule has 0 fully saturated rings. The SMILES string of the molecule is Cc1cc(C)c(C=c2cccc([PH+]=O)c2=Cc2c(C)cc(C)cc2C)c(C)c1. The fourth-order valence-corrected chi connectivity index (χ4v) is 4.59. The van der Waals surface area contributed by atoms with Crippen molar-refractivity contribution in [2.75, 3.05) is 0 Å². The lowest BCUT2D eigenvalue weighted by Gasteiger charge is -2.08. The van der Waals surface area contributed by atoms with Gasteiger partial charge in [0, 0.05) is 5.22 Å². The van der Waals surface area contributed by atoms with Gasteiger partial charge in [-0.3, -0.25) is 0 Å². The van der Waals surface area contributed by atoms with Crippen LogP contribution in [0.3, 0.4) is 0 Å². The van der Waals surface area contributed by atoms with Gasteiger partial charge < -0.3 is 0 Å². The fraction of sp³-hybridized carbons (Fsp3) is 0.231. The van der Waals surface area contributed by atoms with Crippen LogP contribution in [0.15, 0.2) is 42.5 Å². The molecule has 0 aromatic heterocycles. The van der Waals surface area contributed by atoms with Crippen molar-refractivity contribution >= 4 is 25.9 Å². The van der Waals surface area contributed by atoms with Crippen LogP contribution in [0.4, 0.5) is 0 Å². The van der Waals surface area contributed by atoms with Gasteiger partial charge in [0.1, 0.15) is 0 Å². The molecule has 3 aromatic rings. The lowest BCUT2D eigenvalue weighted by atomic mass is 9.97. The van der Waals surface area contributed by atoms with Crippen LogP contribution in [0.5, 0.6) is 0 Å². The molecule has 3 aromatic carbocycles. The summed E-state index contributed by atoms with van der Waals surface area (Å²) >= 11 is 0. The summed E-state index contributed by atoms with van der Waals surface area (Å²) in [6.45, 7) is 12.9. The molecule has 1 unspecified atom stereocenters. The van der Waals surface area contributed by atoms with Crippen molar-refractivity contribution in [3.63, 3.8) is 0 Å². The molecule has 0 bridgehead atoms. The fourth-order valence-electron chi connectivity index (χ4n) is 4.10. The summed E-state index contributed by atoms with van der Waals surface area (Å²) in [4.78, 5) is 0. The third kappa shape index (κ3) is 4.16. The second-order valence-corrected chi connectivity index (χ2v) is 8.57. The van der Waals surface area contributed by atoms with Gasteiger partial charge in [0.25, 0.3) is 0 Å². The van der Waals surface area contributed by atoms with Crippen LogP contribution in [0, 0.1) is 41.5 Å². The Kier molecular flexibility index (Phi) is 5.96. The van der Waals surface area contributed by atoms with Crippen LogP contribution in [0.1, 0.15) is 44.5 Å². The molecular formula is C26H28OP+. The maximum absolute atomic E-state index is 11.9. The van der Waals surface area contributed by atoms with Crippen molar-refractivity contribution in [1.82, 2.24) is 0 Å². The molecule has 0 N–H and O–H groups in total. The number of aryl methyl sites for hydroxylation is 6. The van der Waals surface area contributed by atoms with E-state index in [9.17, 15) is 4.57 Å². The molecule has 28 heavy (non-hydrogen) atoms. The zero-order valence-electron chi connectivity index (χ0n) is 17.6. The molecule has 0 saturated heterocycles. The third-order valence-electron chi connectivity index (χ3n) is 5.31. The van der Waals surface area contributed by atoms with Gasteiger partial charge in [-0.1, -0.05) is 52.1 Å². The first-order chi connectivity index (χ1) is 13.3. The van der Waals surface area contributed by atoms with Crippen molar-refractivity contribution in [3.8, 4) is 0 Å². The number of rotatable bonds is 3. The molecule has 0 saturated carbocycles. The summed E-state index contributed by atoms with van der Waals surface area (Å²) in [5, 5.41) is 3.02. The summed E-state index contributed by atoms with van der Waals surface area (Å²) in [6, 6.07) is 14.9. The minimum absolute atomic E-state index is 0.480. The topological polar surface area (TPSA) is 17.1 Å². The number of hydrogen-bond acceptors (Lipinski definition) is 1. The van der Waals surface area contributed by atoms with Crippen LogP contribution in [0.2, 0.25) is 0 Å². The Morgan fingerprint density at radius 3 is 1.61 bits per heavy atom. The first-order valence-electron chi connectivity index (χ1n) is 9.66. The quantitative estimate of drug-likeness (QED) is 0.588. The monoisotopic (exact) mass is 387 g/mol. The van der Waals surface area contributed by atoms with Crippen LogP contribution in [0.25, 0.3) is 12.2 Å². The Morgan fingerprint density at radius 2 is 1.14 bits per heavy atom. The van der Waals surface area contributed by atoms with E-state index in [-0.39, 0.29) is 0 Å². The average Bonchev–Trinajstić information content (AvgIpc) is 2.61. The Morgan fingerprint density at radius 1 is 0.679 bits per heavy atom. The number of benzene rings is 3. The van der Waals surface area contributed by atoms with Crippen molar-refractivity contribution in [2.24, 2.45) is 0 Å². The highest BCUT2D eigenvalue weighted by atomic mass is 31.1. The average molecular weight is 387 g/mol. The largest absolute Gasteiger partial charge is 0.363 e. The van der Waals surface area contributed by atoms with E-state index in [4.69, 9.17) is 0 Å². The lowest BCUT2D eigenvalue weighted by molar-refractivity contribution is 0.603. The van der Waals surface area contributed by atoms with Gasteiger partial charge in [0.05, 0.1) is 0 Å². The van der Waals surface area contributed by atoms with Crippen LogP contribution < -0.4 is 15.7 Å². The molecule has 0 heterocycles. The van der Waals surface area contributed by atoms with E-state index in [0.717, 1.165) is 15.7 Å². The zero-order valence-corrected chi connectivity index (χ0v) is 18.6. The molecule has 0 spiro atoms. The van der Waals surface area contributed by atoms with E-state index in [1.165, 1.54) is 44.5 Å². The number of hydrogen-bond donors (Lipinski definition) is 0. The van der Waals surface area contributed by atoms with Crippen molar-refractivity contribution in [3.05, 3.63) is 97.4 Å². The van der Waals surface area contributed by atoms with Gasteiger partial charge in [-0.15, -0.1) is 0 Å². The highest BCUT2D eigenvalue weighted by Gasteiger charge is 2.08. The smallest absolute Gasteiger partial charge is 0.0707 e. The lowest BCUT2D eigenvalue weighted by Crippen LogP contribution is -2.35. The second-order valence-electron chi connectivity index (χ2n) is 7.82. The second kappa shape index (κ2) is 8.25. The molecule has 1 atom stereocenters.